The number of nitrogens with zero attached hydrogens (tertiary/aromatic N) is 1. The minimum Gasteiger partial charge on any atom is -0.335 e. The largest absolute Gasteiger partial charge is 0.335 e. The molecule has 5 nitrogen and oxygen atoms in total. The Morgan fingerprint density at radius 3 is 2.54 bits per heavy atom. The minimum absolute atomic E-state index is 0.115. The lowest BCUT2D eigenvalue weighted by Gasteiger charge is -2.44. The SMILES string of the molecule is O=C1NC(=O)/C(=C/c2ccc(C(=O)N3CCC[C@@H]4CCCC[C@@H]43)cc2)S1. The van der Waals surface area contributed by atoms with E-state index in [9.17, 15) is 14.4 Å². The second-order valence-corrected chi connectivity index (χ2v) is 8.24. The number of amides is 3. The molecule has 4 rings (SSSR count). The predicted octanol–water partition coefficient (Wildman–Crippen LogP) is 3.81. The van der Waals surface area contributed by atoms with Crippen molar-refractivity contribution >= 4 is 34.9 Å². The first-order valence-electron chi connectivity index (χ1n) is 9.28. The Labute approximate surface area is 157 Å². The Morgan fingerprint density at radius 1 is 1.08 bits per heavy atom. The molecular weight excluding hydrogens is 348 g/mol. The molecule has 3 amide bonds. The van der Waals surface area contributed by atoms with Crippen molar-refractivity contribution in [2.24, 2.45) is 5.92 Å². The van der Waals surface area contributed by atoms with Crippen LogP contribution in [0.15, 0.2) is 29.2 Å². The number of rotatable bonds is 2. The summed E-state index contributed by atoms with van der Waals surface area (Å²) in [6, 6.07) is 7.70. The lowest BCUT2D eigenvalue weighted by atomic mass is 9.78. The number of likely N-dealkylation sites (tertiary alicyclic amines) is 1. The Bertz CT molecular complexity index is 770. The van der Waals surface area contributed by atoms with Gasteiger partial charge in [0.15, 0.2) is 0 Å². The number of hydrogen-bond donors (Lipinski definition) is 1. The van der Waals surface area contributed by atoms with E-state index < -0.39 is 0 Å². The van der Waals surface area contributed by atoms with Crippen LogP contribution >= 0.6 is 11.8 Å². The van der Waals surface area contributed by atoms with Crippen LogP contribution in [0.3, 0.4) is 0 Å². The van der Waals surface area contributed by atoms with Crippen LogP contribution in [0, 0.1) is 5.92 Å². The molecule has 6 heteroatoms. The minimum atomic E-state index is -0.364. The van der Waals surface area contributed by atoms with Crippen LogP contribution in [-0.4, -0.2) is 34.5 Å². The number of carbonyl (C=O) groups is 3. The van der Waals surface area contributed by atoms with Gasteiger partial charge in [-0.25, -0.2) is 0 Å². The molecule has 2 aliphatic heterocycles. The van der Waals surface area contributed by atoms with E-state index >= 15 is 0 Å². The van der Waals surface area contributed by atoms with Gasteiger partial charge in [0.2, 0.25) is 0 Å². The topological polar surface area (TPSA) is 66.5 Å². The fourth-order valence-corrected chi connectivity index (χ4v) is 5.02. The van der Waals surface area contributed by atoms with Gasteiger partial charge >= 0.3 is 0 Å². The predicted molar refractivity (Wildman–Crippen MR) is 102 cm³/mol. The van der Waals surface area contributed by atoms with Crippen molar-refractivity contribution in [2.45, 2.75) is 44.6 Å². The molecule has 136 valence electrons. The molecule has 26 heavy (non-hydrogen) atoms. The maximum Gasteiger partial charge on any atom is 0.290 e. The van der Waals surface area contributed by atoms with Gasteiger partial charge in [0.1, 0.15) is 0 Å². The normalized spacial score (nSPS) is 27.4. The maximum atomic E-state index is 13.0. The highest BCUT2D eigenvalue weighted by Crippen LogP contribution is 2.36. The van der Waals surface area contributed by atoms with Gasteiger partial charge in [-0.1, -0.05) is 25.0 Å². The third kappa shape index (κ3) is 3.43. The zero-order chi connectivity index (χ0) is 18.1. The van der Waals surface area contributed by atoms with Crippen LogP contribution in [-0.2, 0) is 4.79 Å². The molecule has 1 aromatic rings. The highest BCUT2D eigenvalue weighted by atomic mass is 32.2. The smallest absolute Gasteiger partial charge is 0.290 e. The summed E-state index contributed by atoms with van der Waals surface area (Å²) in [7, 11) is 0. The van der Waals surface area contributed by atoms with Crippen LogP contribution < -0.4 is 5.32 Å². The summed E-state index contributed by atoms with van der Waals surface area (Å²) in [6.07, 6.45) is 8.91. The lowest BCUT2D eigenvalue weighted by molar-refractivity contribution is -0.115. The van der Waals surface area contributed by atoms with E-state index in [1.165, 1.54) is 25.7 Å². The quantitative estimate of drug-likeness (QED) is 0.804. The van der Waals surface area contributed by atoms with Gasteiger partial charge in [-0.2, -0.15) is 0 Å². The van der Waals surface area contributed by atoms with Crippen LogP contribution in [0.25, 0.3) is 6.08 Å². The van der Waals surface area contributed by atoms with Crippen LogP contribution in [0.2, 0.25) is 0 Å². The Kier molecular flexibility index (Phi) is 4.85. The van der Waals surface area contributed by atoms with Gasteiger partial charge in [-0.3, -0.25) is 19.7 Å². The van der Waals surface area contributed by atoms with E-state index in [0.717, 1.165) is 36.7 Å². The van der Waals surface area contributed by atoms with Crippen molar-refractivity contribution in [3.8, 4) is 0 Å². The average molecular weight is 370 g/mol. The standard InChI is InChI=1S/C20H22N2O3S/c23-18-17(26-20(25)21-18)12-13-7-9-15(10-8-13)19(24)22-11-3-5-14-4-1-2-6-16(14)22/h7-10,12,14,16H,1-6,11H2,(H,21,23,25)/b17-12-/t14-,16-/m0/s1. The molecule has 1 aromatic carbocycles. The maximum absolute atomic E-state index is 13.0. The molecule has 0 aromatic heterocycles. The molecule has 1 N–H and O–H groups in total. The Hall–Kier alpha value is -2.08. The van der Waals surface area contributed by atoms with Gasteiger partial charge in [0, 0.05) is 18.2 Å². The molecule has 1 saturated carbocycles. The van der Waals surface area contributed by atoms with Crippen LogP contribution in [0.4, 0.5) is 4.79 Å². The van der Waals surface area contributed by atoms with Crippen molar-refractivity contribution in [3.63, 3.8) is 0 Å². The van der Waals surface area contributed by atoms with Crippen molar-refractivity contribution in [1.29, 1.82) is 0 Å². The molecule has 0 bridgehead atoms. The molecule has 0 spiro atoms. The molecule has 2 heterocycles. The first-order valence-corrected chi connectivity index (χ1v) is 10.1. The third-order valence-electron chi connectivity index (χ3n) is 5.60. The van der Waals surface area contributed by atoms with Crippen molar-refractivity contribution in [1.82, 2.24) is 10.2 Å². The summed E-state index contributed by atoms with van der Waals surface area (Å²) in [4.78, 5) is 38.3. The number of fused-ring (bicyclic) bond motifs is 1. The second-order valence-electron chi connectivity index (χ2n) is 7.23. The number of nitrogens with one attached hydrogen (secondary N) is 1. The number of piperidine rings is 1. The van der Waals surface area contributed by atoms with Gasteiger partial charge in [0.25, 0.3) is 17.1 Å². The summed E-state index contributed by atoms with van der Waals surface area (Å²) < 4.78 is 0. The fourth-order valence-electron chi connectivity index (χ4n) is 4.34. The van der Waals surface area contributed by atoms with E-state index in [2.05, 4.69) is 10.2 Å². The van der Waals surface area contributed by atoms with E-state index in [4.69, 9.17) is 0 Å². The van der Waals surface area contributed by atoms with Gasteiger partial charge < -0.3 is 4.90 Å². The molecule has 3 fully saturated rings. The summed E-state index contributed by atoms with van der Waals surface area (Å²) in [6.45, 7) is 0.852. The molecule has 3 aliphatic rings. The van der Waals surface area contributed by atoms with Gasteiger partial charge in [-0.05, 0) is 67.1 Å². The zero-order valence-electron chi connectivity index (χ0n) is 14.6. The third-order valence-corrected chi connectivity index (χ3v) is 6.41. The van der Waals surface area contributed by atoms with E-state index in [-0.39, 0.29) is 17.1 Å². The first kappa shape index (κ1) is 17.3. The van der Waals surface area contributed by atoms with Gasteiger partial charge in [0.05, 0.1) is 4.91 Å². The summed E-state index contributed by atoms with van der Waals surface area (Å²) in [5.41, 5.74) is 1.50. The van der Waals surface area contributed by atoms with Crippen molar-refractivity contribution in [2.75, 3.05) is 6.54 Å². The number of benzene rings is 1. The number of carbonyl (C=O) groups excluding carboxylic acids is 3. The molecule has 2 atom stereocenters. The summed E-state index contributed by atoms with van der Waals surface area (Å²) in [5, 5.41) is 1.90. The highest BCUT2D eigenvalue weighted by molar-refractivity contribution is 8.18. The average Bonchev–Trinajstić information content (AvgIpc) is 2.98. The zero-order valence-corrected chi connectivity index (χ0v) is 15.4. The molecule has 1 aliphatic carbocycles. The first-order chi connectivity index (χ1) is 12.6. The Morgan fingerprint density at radius 2 is 1.81 bits per heavy atom. The van der Waals surface area contributed by atoms with E-state index in [1.807, 2.05) is 24.3 Å². The highest BCUT2D eigenvalue weighted by Gasteiger charge is 2.35. The molecule has 0 radical (unpaired) electrons. The number of imide groups is 1. The van der Waals surface area contributed by atoms with E-state index in [0.29, 0.717) is 22.4 Å². The summed E-state index contributed by atoms with van der Waals surface area (Å²) >= 11 is 0.900. The Balaban J connectivity index is 1.49. The monoisotopic (exact) mass is 370 g/mol. The van der Waals surface area contributed by atoms with Crippen LogP contribution in [0.1, 0.15) is 54.4 Å². The number of thioether (sulfide) groups is 1. The number of hydrogen-bond acceptors (Lipinski definition) is 4. The van der Waals surface area contributed by atoms with E-state index in [1.54, 1.807) is 6.08 Å². The molecule has 2 saturated heterocycles. The van der Waals surface area contributed by atoms with Crippen LogP contribution in [0.5, 0.6) is 0 Å². The lowest BCUT2D eigenvalue weighted by Crippen LogP contribution is -2.49. The van der Waals surface area contributed by atoms with Gasteiger partial charge in [-0.15, -0.1) is 0 Å². The fraction of sp³-hybridized carbons (Fsp3) is 0.450. The van der Waals surface area contributed by atoms with Crippen molar-refractivity contribution in [3.05, 3.63) is 40.3 Å². The van der Waals surface area contributed by atoms with Crippen molar-refractivity contribution < 1.29 is 14.4 Å². The molecular formula is C20H22N2O3S. The molecule has 0 unspecified atom stereocenters. The second kappa shape index (κ2) is 7.27. The summed E-state index contributed by atoms with van der Waals surface area (Å²) in [5.74, 6) is 0.418.